The number of rotatable bonds is 5. The van der Waals surface area contributed by atoms with Crippen molar-refractivity contribution in [3.05, 3.63) is 21.6 Å². The Morgan fingerprint density at radius 1 is 1.35 bits per heavy atom. The fraction of sp³-hybridized carbons (Fsp3) is 0.733. The molecule has 0 amide bonds. The third-order valence-corrected chi connectivity index (χ3v) is 3.97. The molecular formula is C15H26ClN3O. The molecule has 114 valence electrons. The number of halogens is 1. The molecule has 1 aromatic heterocycles. The molecule has 0 radical (unpaired) electrons. The maximum absolute atomic E-state index is 12.1. The monoisotopic (exact) mass is 299 g/mol. The van der Waals surface area contributed by atoms with E-state index >= 15 is 0 Å². The van der Waals surface area contributed by atoms with E-state index in [1.54, 1.807) is 6.20 Å². The molecule has 0 aliphatic carbocycles. The highest BCUT2D eigenvalue weighted by atomic mass is 35.5. The van der Waals surface area contributed by atoms with Crippen molar-refractivity contribution < 1.29 is 0 Å². The summed E-state index contributed by atoms with van der Waals surface area (Å²) in [7, 11) is 0. The second-order valence-electron chi connectivity index (χ2n) is 6.90. The van der Waals surface area contributed by atoms with E-state index in [0.717, 1.165) is 6.54 Å². The van der Waals surface area contributed by atoms with E-state index < -0.39 is 0 Å². The highest BCUT2D eigenvalue weighted by Crippen LogP contribution is 2.26. The van der Waals surface area contributed by atoms with E-state index in [-0.39, 0.29) is 16.0 Å². The minimum absolute atomic E-state index is 0.208. The molecule has 0 aromatic carbocycles. The van der Waals surface area contributed by atoms with Gasteiger partial charge in [-0.1, -0.05) is 53.1 Å². The molecule has 0 fully saturated rings. The zero-order chi connectivity index (χ0) is 15.5. The molecule has 0 aliphatic rings. The van der Waals surface area contributed by atoms with Crippen LogP contribution in [0.2, 0.25) is 5.02 Å². The second kappa shape index (κ2) is 6.61. The number of aromatic nitrogens is 2. The second-order valence-corrected chi connectivity index (χ2v) is 7.28. The van der Waals surface area contributed by atoms with Crippen LogP contribution in [0, 0.1) is 17.3 Å². The first-order chi connectivity index (χ1) is 9.12. The highest BCUT2D eigenvalue weighted by molar-refractivity contribution is 6.32. The molecule has 1 heterocycles. The molecule has 1 rings (SSSR count). The Balaban J connectivity index is 2.84. The van der Waals surface area contributed by atoms with Gasteiger partial charge in [0.25, 0.3) is 5.56 Å². The van der Waals surface area contributed by atoms with Crippen LogP contribution in [0.15, 0.2) is 11.0 Å². The summed E-state index contributed by atoms with van der Waals surface area (Å²) in [5, 5.41) is 7.63. The SMILES string of the molecule is CC(C)Cn1ncc(NCC(C)C(C)(C)C)c(Cl)c1=O. The maximum Gasteiger partial charge on any atom is 0.287 e. The lowest BCUT2D eigenvalue weighted by Gasteiger charge is -2.27. The Labute approximate surface area is 126 Å². The Morgan fingerprint density at radius 3 is 2.45 bits per heavy atom. The Morgan fingerprint density at radius 2 is 1.95 bits per heavy atom. The summed E-state index contributed by atoms with van der Waals surface area (Å²) in [4.78, 5) is 12.1. The van der Waals surface area contributed by atoms with E-state index in [4.69, 9.17) is 11.6 Å². The van der Waals surface area contributed by atoms with Crippen LogP contribution in [0.4, 0.5) is 5.69 Å². The van der Waals surface area contributed by atoms with Crippen molar-refractivity contribution in [2.24, 2.45) is 17.3 Å². The smallest absolute Gasteiger partial charge is 0.287 e. The molecule has 1 N–H and O–H groups in total. The van der Waals surface area contributed by atoms with Gasteiger partial charge < -0.3 is 5.32 Å². The molecule has 0 saturated carbocycles. The van der Waals surface area contributed by atoms with Crippen LogP contribution in [0.1, 0.15) is 41.5 Å². The first kappa shape index (κ1) is 17.0. The lowest BCUT2D eigenvalue weighted by atomic mass is 9.82. The van der Waals surface area contributed by atoms with Gasteiger partial charge in [0.2, 0.25) is 0 Å². The maximum atomic E-state index is 12.1. The van der Waals surface area contributed by atoms with E-state index in [1.165, 1.54) is 4.68 Å². The zero-order valence-electron chi connectivity index (χ0n) is 13.3. The molecular weight excluding hydrogens is 274 g/mol. The average Bonchev–Trinajstić information content (AvgIpc) is 2.32. The number of nitrogens with one attached hydrogen (secondary N) is 1. The van der Waals surface area contributed by atoms with Crippen LogP contribution in [0.3, 0.4) is 0 Å². The molecule has 1 unspecified atom stereocenters. The van der Waals surface area contributed by atoms with Gasteiger partial charge in [0.05, 0.1) is 11.9 Å². The van der Waals surface area contributed by atoms with Crippen LogP contribution >= 0.6 is 11.6 Å². The Bertz CT molecular complexity index is 503. The summed E-state index contributed by atoms with van der Waals surface area (Å²) in [6, 6.07) is 0. The van der Waals surface area contributed by atoms with Crippen molar-refractivity contribution in [1.29, 1.82) is 0 Å². The first-order valence-corrected chi connectivity index (χ1v) is 7.50. The number of hydrogen-bond donors (Lipinski definition) is 1. The van der Waals surface area contributed by atoms with Crippen molar-refractivity contribution in [1.82, 2.24) is 9.78 Å². The summed E-state index contributed by atoms with van der Waals surface area (Å²) < 4.78 is 1.42. The van der Waals surface area contributed by atoms with Gasteiger partial charge in [-0.05, 0) is 17.3 Å². The molecule has 5 heteroatoms. The summed E-state index contributed by atoms with van der Waals surface area (Å²) in [6.45, 7) is 14.2. The van der Waals surface area contributed by atoms with E-state index in [1.807, 2.05) is 13.8 Å². The molecule has 1 aromatic rings. The molecule has 4 nitrogen and oxygen atoms in total. The average molecular weight is 300 g/mol. The quantitative estimate of drug-likeness (QED) is 0.903. The van der Waals surface area contributed by atoms with Crippen LogP contribution in [0.5, 0.6) is 0 Å². The highest BCUT2D eigenvalue weighted by Gasteiger charge is 2.20. The number of anilines is 1. The van der Waals surface area contributed by atoms with Gasteiger partial charge in [-0.25, -0.2) is 4.68 Å². The van der Waals surface area contributed by atoms with Crippen LogP contribution in [0.25, 0.3) is 0 Å². The Hall–Kier alpha value is -1.03. The molecule has 20 heavy (non-hydrogen) atoms. The number of nitrogens with zero attached hydrogens (tertiary/aromatic N) is 2. The summed E-state index contributed by atoms with van der Waals surface area (Å²) in [5.41, 5.74) is 0.598. The van der Waals surface area contributed by atoms with Gasteiger partial charge in [0.1, 0.15) is 5.02 Å². The minimum atomic E-state index is -0.228. The van der Waals surface area contributed by atoms with Gasteiger partial charge >= 0.3 is 0 Å². The molecule has 0 aliphatic heterocycles. The lowest BCUT2D eigenvalue weighted by Crippen LogP contribution is -2.28. The first-order valence-electron chi connectivity index (χ1n) is 7.12. The lowest BCUT2D eigenvalue weighted by molar-refractivity contribution is 0.274. The van der Waals surface area contributed by atoms with Crippen LogP contribution < -0.4 is 10.9 Å². The van der Waals surface area contributed by atoms with E-state index in [9.17, 15) is 4.79 Å². The predicted molar refractivity (Wildman–Crippen MR) is 85.5 cm³/mol. The van der Waals surface area contributed by atoms with Gasteiger partial charge in [-0.15, -0.1) is 0 Å². The largest absolute Gasteiger partial charge is 0.382 e. The molecule has 0 saturated heterocycles. The third kappa shape index (κ3) is 4.51. The zero-order valence-corrected chi connectivity index (χ0v) is 14.1. The summed E-state index contributed by atoms with van der Waals surface area (Å²) >= 11 is 6.14. The van der Waals surface area contributed by atoms with Gasteiger partial charge in [0.15, 0.2) is 0 Å². The molecule has 0 bridgehead atoms. The normalized spacial score (nSPS) is 13.6. The Kier molecular flexibility index (Phi) is 5.63. The topological polar surface area (TPSA) is 46.9 Å². The van der Waals surface area contributed by atoms with Gasteiger partial charge in [0, 0.05) is 13.1 Å². The van der Waals surface area contributed by atoms with Gasteiger partial charge in [-0.3, -0.25) is 4.79 Å². The fourth-order valence-electron chi connectivity index (χ4n) is 1.63. The standard InChI is InChI=1S/C15H26ClN3O/c1-10(2)9-19-14(20)13(16)12(8-18-19)17-7-11(3)15(4,5)6/h8,10-11,17H,7,9H2,1-6H3. The van der Waals surface area contributed by atoms with Crippen molar-refractivity contribution in [2.45, 2.75) is 48.1 Å². The van der Waals surface area contributed by atoms with Crippen LogP contribution in [-0.4, -0.2) is 16.3 Å². The fourth-order valence-corrected chi connectivity index (χ4v) is 1.85. The van der Waals surface area contributed by atoms with Crippen molar-refractivity contribution in [3.63, 3.8) is 0 Å². The summed E-state index contributed by atoms with van der Waals surface area (Å²) in [6.07, 6.45) is 1.64. The number of hydrogen-bond acceptors (Lipinski definition) is 3. The van der Waals surface area contributed by atoms with Crippen LogP contribution in [-0.2, 0) is 6.54 Å². The molecule has 0 spiro atoms. The summed E-state index contributed by atoms with van der Waals surface area (Å²) in [5.74, 6) is 0.813. The van der Waals surface area contributed by atoms with Gasteiger partial charge in [-0.2, -0.15) is 5.10 Å². The van der Waals surface area contributed by atoms with Crippen molar-refractivity contribution >= 4 is 17.3 Å². The molecule has 1 atom stereocenters. The predicted octanol–water partition coefficient (Wildman–Crippen LogP) is 3.65. The van der Waals surface area contributed by atoms with Crippen molar-refractivity contribution in [2.75, 3.05) is 11.9 Å². The van der Waals surface area contributed by atoms with Crippen molar-refractivity contribution in [3.8, 4) is 0 Å². The van der Waals surface area contributed by atoms with E-state index in [2.05, 4.69) is 38.1 Å². The third-order valence-electron chi connectivity index (χ3n) is 3.60. The minimum Gasteiger partial charge on any atom is -0.382 e. The van der Waals surface area contributed by atoms with E-state index in [0.29, 0.717) is 24.1 Å².